The molecule has 1 atom stereocenters. The van der Waals surface area contributed by atoms with E-state index in [0.29, 0.717) is 6.54 Å². The monoisotopic (exact) mass is 298 g/mol. The Balaban J connectivity index is 2.45. The van der Waals surface area contributed by atoms with E-state index >= 15 is 0 Å². The summed E-state index contributed by atoms with van der Waals surface area (Å²) >= 11 is 1.72. The highest BCUT2D eigenvalue weighted by atomic mass is 32.1. The van der Waals surface area contributed by atoms with Crippen molar-refractivity contribution in [1.82, 2.24) is 10.2 Å². The lowest BCUT2D eigenvalue weighted by Crippen LogP contribution is -2.44. The average Bonchev–Trinajstić information content (AvgIpc) is 2.73. The second-order valence-corrected chi connectivity index (χ2v) is 7.26. The van der Waals surface area contributed by atoms with Crippen LogP contribution in [0.4, 0.5) is 4.79 Å². The third-order valence-corrected chi connectivity index (χ3v) is 4.24. The SMILES string of the molecule is COC(C)(C)C[C@H](C)NC(=O)N(C)Cc1ccc(C)s1. The number of hydrogen-bond donors (Lipinski definition) is 1. The van der Waals surface area contributed by atoms with Crippen molar-refractivity contribution < 1.29 is 9.53 Å². The molecule has 0 spiro atoms. The summed E-state index contributed by atoms with van der Waals surface area (Å²) in [5.41, 5.74) is -0.226. The molecule has 5 heteroatoms. The Morgan fingerprint density at radius 3 is 2.65 bits per heavy atom. The molecular formula is C15H26N2O2S. The minimum atomic E-state index is -0.226. The van der Waals surface area contributed by atoms with Gasteiger partial charge in [0.15, 0.2) is 0 Å². The Kier molecular flexibility index (Phi) is 6.02. The molecule has 1 heterocycles. The fourth-order valence-electron chi connectivity index (χ4n) is 2.07. The smallest absolute Gasteiger partial charge is 0.317 e. The number of methoxy groups -OCH3 is 1. The van der Waals surface area contributed by atoms with Gasteiger partial charge in [-0.05, 0) is 46.2 Å². The molecule has 0 saturated heterocycles. The van der Waals surface area contributed by atoms with Crippen molar-refractivity contribution >= 4 is 17.4 Å². The number of carbonyl (C=O) groups is 1. The minimum Gasteiger partial charge on any atom is -0.379 e. The first-order valence-corrected chi connectivity index (χ1v) is 7.67. The molecule has 0 unspecified atom stereocenters. The van der Waals surface area contributed by atoms with Crippen LogP contribution in [0, 0.1) is 6.92 Å². The molecule has 1 aromatic rings. The zero-order valence-electron chi connectivity index (χ0n) is 13.3. The maximum atomic E-state index is 12.1. The lowest BCUT2D eigenvalue weighted by Gasteiger charge is -2.28. The van der Waals surface area contributed by atoms with Gasteiger partial charge in [-0.25, -0.2) is 4.79 Å². The van der Waals surface area contributed by atoms with Gasteiger partial charge in [-0.3, -0.25) is 0 Å². The number of ether oxygens (including phenoxy) is 1. The molecule has 4 nitrogen and oxygen atoms in total. The Bertz CT molecular complexity index is 443. The molecule has 20 heavy (non-hydrogen) atoms. The highest BCUT2D eigenvalue weighted by molar-refractivity contribution is 7.11. The van der Waals surface area contributed by atoms with E-state index in [1.54, 1.807) is 23.3 Å². The highest BCUT2D eigenvalue weighted by Crippen LogP contribution is 2.17. The molecule has 0 radical (unpaired) electrons. The van der Waals surface area contributed by atoms with Crippen molar-refractivity contribution in [3.05, 3.63) is 21.9 Å². The van der Waals surface area contributed by atoms with Gasteiger partial charge in [0.05, 0.1) is 12.1 Å². The Morgan fingerprint density at radius 2 is 2.15 bits per heavy atom. The third-order valence-electron chi connectivity index (χ3n) is 3.26. The summed E-state index contributed by atoms with van der Waals surface area (Å²) in [4.78, 5) is 16.3. The van der Waals surface area contributed by atoms with Crippen LogP contribution in [0.2, 0.25) is 0 Å². The van der Waals surface area contributed by atoms with Gasteiger partial charge >= 0.3 is 6.03 Å². The fourth-order valence-corrected chi connectivity index (χ4v) is 3.01. The molecule has 1 N–H and O–H groups in total. The lowest BCUT2D eigenvalue weighted by atomic mass is 10.00. The topological polar surface area (TPSA) is 41.6 Å². The van der Waals surface area contributed by atoms with Crippen LogP contribution in [0.5, 0.6) is 0 Å². The molecule has 0 aromatic carbocycles. The van der Waals surface area contributed by atoms with Crippen LogP contribution >= 0.6 is 11.3 Å². The summed E-state index contributed by atoms with van der Waals surface area (Å²) in [6, 6.07) is 4.18. The normalized spacial score (nSPS) is 13.1. The first-order valence-electron chi connectivity index (χ1n) is 6.85. The zero-order chi connectivity index (χ0) is 15.3. The number of thiophene rings is 1. The van der Waals surface area contributed by atoms with Gasteiger partial charge in [0.25, 0.3) is 0 Å². The van der Waals surface area contributed by atoms with Crippen LogP contribution in [-0.2, 0) is 11.3 Å². The van der Waals surface area contributed by atoms with Crippen molar-refractivity contribution in [3.8, 4) is 0 Å². The molecular weight excluding hydrogens is 272 g/mol. The molecule has 114 valence electrons. The molecule has 1 rings (SSSR count). The largest absolute Gasteiger partial charge is 0.379 e. The Labute approximate surface area is 126 Å². The minimum absolute atomic E-state index is 0.0459. The van der Waals surface area contributed by atoms with E-state index in [0.717, 1.165) is 6.42 Å². The molecule has 2 amide bonds. The number of nitrogens with one attached hydrogen (secondary N) is 1. The van der Waals surface area contributed by atoms with E-state index in [4.69, 9.17) is 4.74 Å². The summed E-state index contributed by atoms with van der Waals surface area (Å²) < 4.78 is 5.39. The first-order chi connectivity index (χ1) is 9.23. The summed E-state index contributed by atoms with van der Waals surface area (Å²) in [5, 5.41) is 3.01. The predicted octanol–water partition coefficient (Wildman–Crippen LogP) is 3.40. The van der Waals surface area contributed by atoms with Crippen LogP contribution in [0.1, 0.15) is 36.9 Å². The number of urea groups is 1. The van der Waals surface area contributed by atoms with Gasteiger partial charge in [-0.15, -0.1) is 11.3 Å². The molecule has 0 aliphatic rings. The summed E-state index contributed by atoms with van der Waals surface area (Å²) in [7, 11) is 3.51. The average molecular weight is 298 g/mol. The van der Waals surface area contributed by atoms with Crippen LogP contribution in [0.3, 0.4) is 0 Å². The van der Waals surface area contributed by atoms with Gasteiger partial charge in [0.2, 0.25) is 0 Å². The maximum Gasteiger partial charge on any atom is 0.317 e. The Hall–Kier alpha value is -1.07. The molecule has 1 aromatic heterocycles. The predicted molar refractivity (Wildman–Crippen MR) is 84.2 cm³/mol. The van der Waals surface area contributed by atoms with Crippen LogP contribution in [0.25, 0.3) is 0 Å². The van der Waals surface area contributed by atoms with E-state index in [-0.39, 0.29) is 17.7 Å². The van der Waals surface area contributed by atoms with E-state index in [1.165, 1.54) is 9.75 Å². The van der Waals surface area contributed by atoms with Crippen molar-refractivity contribution in [2.75, 3.05) is 14.2 Å². The summed E-state index contributed by atoms with van der Waals surface area (Å²) in [6.07, 6.45) is 0.779. The lowest BCUT2D eigenvalue weighted by molar-refractivity contribution is 0.00919. The molecule has 0 fully saturated rings. The zero-order valence-corrected chi connectivity index (χ0v) is 14.1. The molecule has 0 aliphatic carbocycles. The van der Waals surface area contributed by atoms with Gasteiger partial charge in [-0.1, -0.05) is 0 Å². The number of aryl methyl sites for hydroxylation is 1. The van der Waals surface area contributed by atoms with Crippen molar-refractivity contribution in [2.45, 2.75) is 52.3 Å². The standard InChI is InChI=1S/C15H26N2O2S/c1-11(9-15(3,4)19-6)16-14(18)17(5)10-13-8-7-12(2)20-13/h7-8,11H,9-10H2,1-6H3,(H,16,18)/t11-/m0/s1. The first kappa shape index (κ1) is 17.0. The van der Waals surface area contributed by atoms with Crippen molar-refractivity contribution in [1.29, 1.82) is 0 Å². The van der Waals surface area contributed by atoms with Gasteiger partial charge < -0.3 is 15.0 Å². The quantitative estimate of drug-likeness (QED) is 0.874. The molecule has 0 bridgehead atoms. The van der Waals surface area contributed by atoms with Crippen LogP contribution in [-0.4, -0.2) is 36.7 Å². The van der Waals surface area contributed by atoms with Crippen molar-refractivity contribution in [3.63, 3.8) is 0 Å². The van der Waals surface area contributed by atoms with Crippen molar-refractivity contribution in [2.24, 2.45) is 0 Å². The number of amides is 2. The van der Waals surface area contributed by atoms with Gasteiger partial charge in [-0.2, -0.15) is 0 Å². The number of nitrogens with zero attached hydrogens (tertiary/aromatic N) is 1. The number of rotatable bonds is 6. The number of carbonyl (C=O) groups excluding carboxylic acids is 1. The second kappa shape index (κ2) is 7.09. The second-order valence-electron chi connectivity index (χ2n) is 5.89. The maximum absolute atomic E-state index is 12.1. The van der Waals surface area contributed by atoms with Crippen LogP contribution < -0.4 is 5.32 Å². The van der Waals surface area contributed by atoms with Gasteiger partial charge in [0.1, 0.15) is 0 Å². The highest BCUT2D eigenvalue weighted by Gasteiger charge is 2.22. The van der Waals surface area contributed by atoms with E-state index in [1.807, 2.05) is 27.8 Å². The molecule has 0 saturated carbocycles. The van der Waals surface area contributed by atoms with E-state index < -0.39 is 0 Å². The van der Waals surface area contributed by atoms with Gasteiger partial charge in [0, 0.05) is 30.0 Å². The van der Waals surface area contributed by atoms with Crippen LogP contribution in [0.15, 0.2) is 12.1 Å². The fraction of sp³-hybridized carbons (Fsp3) is 0.667. The van der Waals surface area contributed by atoms with E-state index in [9.17, 15) is 4.79 Å². The number of hydrogen-bond acceptors (Lipinski definition) is 3. The third kappa shape index (κ3) is 5.51. The summed E-state index contributed by atoms with van der Waals surface area (Å²) in [6.45, 7) is 8.76. The molecule has 0 aliphatic heterocycles. The Morgan fingerprint density at radius 1 is 1.50 bits per heavy atom. The van der Waals surface area contributed by atoms with E-state index in [2.05, 4.69) is 24.4 Å². The summed E-state index contributed by atoms with van der Waals surface area (Å²) in [5.74, 6) is 0.